The lowest BCUT2D eigenvalue weighted by Gasteiger charge is -2.47. The van der Waals surface area contributed by atoms with Crippen LogP contribution in [0.2, 0.25) is 0 Å². The van der Waals surface area contributed by atoms with Gasteiger partial charge in [0.05, 0.1) is 6.17 Å². The highest BCUT2D eigenvalue weighted by Crippen LogP contribution is 2.32. The molecule has 16 heavy (non-hydrogen) atoms. The van der Waals surface area contributed by atoms with Gasteiger partial charge in [-0.15, -0.1) is 0 Å². The summed E-state index contributed by atoms with van der Waals surface area (Å²) < 4.78 is 0. The third kappa shape index (κ3) is 2.31. The number of nitrogens with one attached hydrogen (secondary N) is 2. The number of hydrogen-bond donors (Lipinski definition) is 2. The van der Waals surface area contributed by atoms with Gasteiger partial charge in [-0.05, 0) is 32.4 Å². The van der Waals surface area contributed by atoms with Crippen LogP contribution in [0.5, 0.6) is 0 Å². The molecule has 0 aromatic carbocycles. The fourth-order valence-corrected chi connectivity index (χ4v) is 3.20. The quantitative estimate of drug-likeness (QED) is 0.711. The first-order chi connectivity index (χ1) is 7.76. The van der Waals surface area contributed by atoms with Gasteiger partial charge < -0.3 is 5.32 Å². The fraction of sp³-hybridized carbons (Fsp3) is 0.846. The van der Waals surface area contributed by atoms with Crippen molar-refractivity contribution in [1.29, 1.82) is 0 Å². The molecule has 1 heterocycles. The molecule has 2 aliphatic rings. The van der Waals surface area contributed by atoms with Crippen molar-refractivity contribution < 1.29 is 0 Å². The first kappa shape index (κ1) is 12.1. The molecule has 0 spiro atoms. The normalized spacial score (nSPS) is 35.2. The first-order valence-electron chi connectivity index (χ1n) is 6.63. The van der Waals surface area contributed by atoms with Crippen LogP contribution in [0.3, 0.4) is 0 Å². The highest BCUT2D eigenvalue weighted by atomic mass is 15.3. The molecule has 1 saturated carbocycles. The Bertz CT molecular complexity index is 248. The molecule has 0 aromatic heterocycles. The molecular weight excluding hydrogens is 198 g/mol. The summed E-state index contributed by atoms with van der Waals surface area (Å²) in [6.07, 6.45) is 4.20. The largest absolute Gasteiger partial charge is 0.301 e. The van der Waals surface area contributed by atoms with Gasteiger partial charge >= 0.3 is 0 Å². The Balaban J connectivity index is 2.08. The number of nitrogens with zero attached hydrogens (tertiary/aromatic N) is 1. The molecule has 92 valence electrons. The maximum atomic E-state index is 4.18. The van der Waals surface area contributed by atoms with Gasteiger partial charge in [0.1, 0.15) is 0 Å². The summed E-state index contributed by atoms with van der Waals surface area (Å²) in [6.45, 7) is 11.9. The number of hydrogen-bond acceptors (Lipinski definition) is 3. The van der Waals surface area contributed by atoms with E-state index in [0.29, 0.717) is 18.1 Å². The van der Waals surface area contributed by atoms with Crippen LogP contribution in [0.1, 0.15) is 33.1 Å². The summed E-state index contributed by atoms with van der Waals surface area (Å²) >= 11 is 0. The van der Waals surface area contributed by atoms with E-state index in [-0.39, 0.29) is 0 Å². The van der Waals surface area contributed by atoms with E-state index in [2.05, 4.69) is 36.0 Å². The molecule has 1 aliphatic heterocycles. The molecule has 1 aliphatic carbocycles. The van der Waals surface area contributed by atoms with Gasteiger partial charge in [0.25, 0.3) is 0 Å². The highest BCUT2D eigenvalue weighted by Gasteiger charge is 2.37. The Labute approximate surface area is 99.3 Å². The summed E-state index contributed by atoms with van der Waals surface area (Å²) in [5, 5.41) is 7.21. The average molecular weight is 223 g/mol. The van der Waals surface area contributed by atoms with Crippen LogP contribution >= 0.6 is 0 Å². The van der Waals surface area contributed by atoms with Crippen molar-refractivity contribution in [1.82, 2.24) is 15.5 Å². The SMILES string of the molecule is C=C1CCC2NCNC(N(CC)CC)C2C1. The second-order valence-corrected chi connectivity index (χ2v) is 5.01. The van der Waals surface area contributed by atoms with E-state index >= 15 is 0 Å². The molecule has 0 aromatic rings. The van der Waals surface area contributed by atoms with Crippen molar-refractivity contribution in [3.05, 3.63) is 12.2 Å². The zero-order valence-electron chi connectivity index (χ0n) is 10.6. The lowest BCUT2D eigenvalue weighted by atomic mass is 9.78. The van der Waals surface area contributed by atoms with E-state index in [1.807, 2.05) is 0 Å². The minimum Gasteiger partial charge on any atom is -0.301 e. The van der Waals surface area contributed by atoms with Crippen molar-refractivity contribution in [2.45, 2.75) is 45.3 Å². The third-order valence-electron chi connectivity index (χ3n) is 4.14. The van der Waals surface area contributed by atoms with E-state index in [1.165, 1.54) is 24.8 Å². The van der Waals surface area contributed by atoms with Gasteiger partial charge in [-0.25, -0.2) is 0 Å². The summed E-state index contributed by atoms with van der Waals surface area (Å²) in [5.41, 5.74) is 1.43. The molecule has 3 atom stereocenters. The molecule has 2 rings (SSSR count). The molecule has 0 bridgehead atoms. The predicted molar refractivity (Wildman–Crippen MR) is 68.1 cm³/mol. The highest BCUT2D eigenvalue weighted by molar-refractivity contribution is 5.07. The number of allylic oxidation sites excluding steroid dienone is 1. The lowest BCUT2D eigenvalue weighted by Crippen LogP contribution is -2.64. The first-order valence-corrected chi connectivity index (χ1v) is 6.63. The van der Waals surface area contributed by atoms with Crippen LogP contribution < -0.4 is 10.6 Å². The van der Waals surface area contributed by atoms with Crippen molar-refractivity contribution >= 4 is 0 Å². The third-order valence-corrected chi connectivity index (χ3v) is 4.14. The Kier molecular flexibility index (Phi) is 4.00. The maximum Gasteiger partial charge on any atom is 0.0653 e. The van der Waals surface area contributed by atoms with Crippen LogP contribution in [0.15, 0.2) is 12.2 Å². The van der Waals surface area contributed by atoms with Crippen molar-refractivity contribution in [3.63, 3.8) is 0 Å². The summed E-state index contributed by atoms with van der Waals surface area (Å²) in [4.78, 5) is 2.54. The van der Waals surface area contributed by atoms with Crippen LogP contribution in [0.4, 0.5) is 0 Å². The minimum absolute atomic E-state index is 0.540. The molecule has 2 fully saturated rings. The van der Waals surface area contributed by atoms with Gasteiger partial charge in [-0.2, -0.15) is 0 Å². The predicted octanol–water partition coefficient (Wildman–Crippen LogP) is 1.53. The van der Waals surface area contributed by atoms with E-state index in [1.54, 1.807) is 0 Å². The van der Waals surface area contributed by atoms with Crippen LogP contribution in [-0.2, 0) is 0 Å². The topological polar surface area (TPSA) is 27.3 Å². The maximum absolute atomic E-state index is 4.18. The lowest BCUT2D eigenvalue weighted by molar-refractivity contribution is 0.0573. The van der Waals surface area contributed by atoms with Gasteiger partial charge in [0.2, 0.25) is 0 Å². The van der Waals surface area contributed by atoms with Crippen molar-refractivity contribution in [2.75, 3.05) is 19.8 Å². The molecule has 1 saturated heterocycles. The van der Waals surface area contributed by atoms with Gasteiger partial charge in [0.15, 0.2) is 0 Å². The molecule has 0 amide bonds. The van der Waals surface area contributed by atoms with Gasteiger partial charge in [0, 0.05) is 18.6 Å². The molecule has 2 N–H and O–H groups in total. The van der Waals surface area contributed by atoms with E-state index in [0.717, 1.165) is 19.8 Å². The Morgan fingerprint density at radius 2 is 2.06 bits per heavy atom. The smallest absolute Gasteiger partial charge is 0.0653 e. The molecule has 0 radical (unpaired) electrons. The fourth-order valence-electron chi connectivity index (χ4n) is 3.20. The minimum atomic E-state index is 0.540. The Morgan fingerprint density at radius 3 is 2.75 bits per heavy atom. The van der Waals surface area contributed by atoms with Crippen molar-refractivity contribution in [2.24, 2.45) is 5.92 Å². The molecule has 3 nitrogen and oxygen atoms in total. The summed E-state index contributed by atoms with van der Waals surface area (Å²) in [5.74, 6) is 0.704. The average Bonchev–Trinajstić information content (AvgIpc) is 2.31. The molecule has 3 unspecified atom stereocenters. The zero-order chi connectivity index (χ0) is 11.5. The van der Waals surface area contributed by atoms with Crippen molar-refractivity contribution in [3.8, 4) is 0 Å². The summed E-state index contributed by atoms with van der Waals surface area (Å²) in [6, 6.07) is 0.692. The van der Waals surface area contributed by atoms with Gasteiger partial charge in [-0.1, -0.05) is 26.0 Å². The van der Waals surface area contributed by atoms with E-state index in [9.17, 15) is 0 Å². The van der Waals surface area contributed by atoms with Gasteiger partial charge in [-0.3, -0.25) is 10.2 Å². The zero-order valence-corrected chi connectivity index (χ0v) is 10.6. The monoisotopic (exact) mass is 223 g/mol. The molecular formula is C13H25N3. The number of fused-ring (bicyclic) bond motifs is 1. The van der Waals surface area contributed by atoms with E-state index < -0.39 is 0 Å². The Hall–Kier alpha value is -0.380. The van der Waals surface area contributed by atoms with Crippen LogP contribution in [-0.4, -0.2) is 36.9 Å². The Morgan fingerprint density at radius 1 is 1.31 bits per heavy atom. The second-order valence-electron chi connectivity index (χ2n) is 5.01. The molecule has 3 heteroatoms. The second kappa shape index (κ2) is 5.30. The summed E-state index contributed by atoms with van der Waals surface area (Å²) in [7, 11) is 0. The number of rotatable bonds is 3. The standard InChI is InChI=1S/C13H25N3/c1-4-16(5-2)13-11-8-10(3)6-7-12(11)14-9-15-13/h11-15H,3-9H2,1-2H3. The van der Waals surface area contributed by atoms with Crippen LogP contribution in [0, 0.1) is 5.92 Å². The van der Waals surface area contributed by atoms with Crippen LogP contribution in [0.25, 0.3) is 0 Å². The van der Waals surface area contributed by atoms with E-state index in [4.69, 9.17) is 0 Å².